The number of nitrogens with one attached hydrogen (secondary N) is 2. The van der Waals surface area contributed by atoms with Gasteiger partial charge in [-0.3, -0.25) is 19.3 Å². The van der Waals surface area contributed by atoms with Crippen LogP contribution in [-0.2, 0) is 16.6 Å². The lowest BCUT2D eigenvalue weighted by Gasteiger charge is -2.35. The quantitative estimate of drug-likeness (QED) is 0.410. The summed E-state index contributed by atoms with van der Waals surface area (Å²) < 4.78 is 7.42. The maximum absolute atomic E-state index is 12.6. The first-order valence-corrected chi connectivity index (χ1v) is 9.71. The van der Waals surface area contributed by atoms with E-state index < -0.39 is 0 Å². The summed E-state index contributed by atoms with van der Waals surface area (Å²) in [5, 5.41) is 10.1. The Hall–Kier alpha value is -3.56. The normalized spacial score (nSPS) is 14.6. The molecule has 1 aliphatic heterocycles. The molecule has 0 spiro atoms. The number of nitrogens with zero attached hydrogens (tertiary/aromatic N) is 5. The largest absolute Gasteiger partial charge is 0.492 e. The monoisotopic (exact) mass is 413 g/mol. The van der Waals surface area contributed by atoms with Crippen LogP contribution in [0.1, 0.15) is 6.92 Å². The summed E-state index contributed by atoms with van der Waals surface area (Å²) in [7, 11) is 3.52. The summed E-state index contributed by atoms with van der Waals surface area (Å²) in [6.07, 6.45) is 3.53. The Morgan fingerprint density at radius 1 is 1.33 bits per heavy atom. The van der Waals surface area contributed by atoms with E-state index in [2.05, 4.69) is 20.7 Å². The molecule has 10 heteroatoms. The number of carbonyl (C=O) groups excluding carboxylic acids is 2. The van der Waals surface area contributed by atoms with E-state index in [1.165, 1.54) is 6.92 Å². The van der Waals surface area contributed by atoms with E-state index in [1.54, 1.807) is 35.0 Å². The number of aryl methyl sites for hydroxylation is 1. The van der Waals surface area contributed by atoms with Gasteiger partial charge >= 0.3 is 0 Å². The summed E-state index contributed by atoms with van der Waals surface area (Å²) in [6, 6.07) is 7.22. The fourth-order valence-electron chi connectivity index (χ4n) is 3.21. The minimum Gasteiger partial charge on any atom is -0.492 e. The van der Waals surface area contributed by atoms with E-state index in [0.29, 0.717) is 43.6 Å². The molecule has 1 aromatic carbocycles. The van der Waals surface area contributed by atoms with Crippen LogP contribution in [-0.4, -0.2) is 72.3 Å². The van der Waals surface area contributed by atoms with Crippen molar-refractivity contribution in [3.63, 3.8) is 0 Å². The molecule has 2 heterocycles. The van der Waals surface area contributed by atoms with Crippen molar-refractivity contribution in [2.24, 2.45) is 12.0 Å². The van der Waals surface area contributed by atoms with Crippen LogP contribution in [0.25, 0.3) is 0 Å². The molecular formula is C20H27N7O3. The molecule has 30 heavy (non-hydrogen) atoms. The molecule has 1 saturated heterocycles. The first-order chi connectivity index (χ1) is 14.5. The third kappa shape index (κ3) is 5.49. The van der Waals surface area contributed by atoms with Gasteiger partial charge in [-0.2, -0.15) is 5.10 Å². The lowest BCUT2D eigenvalue weighted by atomic mass is 10.3. The number of benzene rings is 1. The van der Waals surface area contributed by atoms with E-state index in [-0.39, 0.29) is 18.4 Å². The van der Waals surface area contributed by atoms with Gasteiger partial charge in [-0.1, -0.05) is 6.07 Å². The number of aliphatic imine (C=N–C) groups is 1. The highest BCUT2D eigenvalue weighted by Crippen LogP contribution is 2.17. The third-order valence-corrected chi connectivity index (χ3v) is 4.54. The van der Waals surface area contributed by atoms with Crippen molar-refractivity contribution in [2.45, 2.75) is 6.92 Å². The number of hydrogen-bond acceptors (Lipinski definition) is 5. The van der Waals surface area contributed by atoms with Gasteiger partial charge in [-0.25, -0.2) is 0 Å². The Labute approximate surface area is 175 Å². The number of guanidine groups is 1. The van der Waals surface area contributed by atoms with Gasteiger partial charge in [0.1, 0.15) is 18.9 Å². The van der Waals surface area contributed by atoms with Crippen molar-refractivity contribution in [1.82, 2.24) is 20.0 Å². The molecule has 1 aliphatic rings. The molecule has 0 radical (unpaired) electrons. The Morgan fingerprint density at radius 2 is 2.17 bits per heavy atom. The van der Waals surface area contributed by atoms with Crippen molar-refractivity contribution >= 4 is 29.1 Å². The maximum Gasteiger partial charge on any atom is 0.246 e. The lowest BCUT2D eigenvalue weighted by molar-refractivity contribution is -0.120. The van der Waals surface area contributed by atoms with Crippen molar-refractivity contribution in [2.75, 3.05) is 50.1 Å². The summed E-state index contributed by atoms with van der Waals surface area (Å²) in [4.78, 5) is 31.7. The van der Waals surface area contributed by atoms with Gasteiger partial charge in [0.2, 0.25) is 11.8 Å². The Morgan fingerprint density at radius 3 is 2.83 bits per heavy atom. The third-order valence-electron chi connectivity index (χ3n) is 4.54. The van der Waals surface area contributed by atoms with E-state index in [0.717, 1.165) is 5.69 Å². The second-order valence-electron chi connectivity index (χ2n) is 6.87. The van der Waals surface area contributed by atoms with Crippen molar-refractivity contribution in [3.05, 3.63) is 36.7 Å². The number of aromatic nitrogens is 2. The standard InChI is InChI=1S/C20H27N7O3/c1-15(28)24-16-5-4-6-18(11-16)30-10-7-22-20(21-2)26-8-9-27(19(29)14-26)17-12-23-25(3)13-17/h4-6,11-13H,7-10,14H2,1-3H3,(H,21,22)(H,24,28). The van der Waals surface area contributed by atoms with Gasteiger partial charge in [-0.05, 0) is 12.1 Å². The number of carbonyl (C=O) groups is 2. The summed E-state index contributed by atoms with van der Waals surface area (Å²) >= 11 is 0. The van der Waals surface area contributed by atoms with Crippen molar-refractivity contribution < 1.29 is 14.3 Å². The lowest BCUT2D eigenvalue weighted by Crippen LogP contribution is -2.55. The zero-order valence-corrected chi connectivity index (χ0v) is 17.5. The van der Waals surface area contributed by atoms with E-state index in [9.17, 15) is 9.59 Å². The molecule has 0 atom stereocenters. The molecule has 10 nitrogen and oxygen atoms in total. The minimum absolute atomic E-state index is 0.00300. The zero-order valence-electron chi connectivity index (χ0n) is 17.5. The van der Waals surface area contributed by atoms with Crippen molar-refractivity contribution in [1.29, 1.82) is 0 Å². The molecule has 0 unspecified atom stereocenters. The van der Waals surface area contributed by atoms with Gasteiger partial charge in [0.25, 0.3) is 0 Å². The first kappa shape index (κ1) is 21.2. The highest BCUT2D eigenvalue weighted by Gasteiger charge is 2.27. The average molecular weight is 413 g/mol. The van der Waals surface area contributed by atoms with Gasteiger partial charge in [0, 0.05) is 52.1 Å². The molecule has 0 aliphatic carbocycles. The number of amides is 2. The molecule has 0 saturated carbocycles. The molecule has 0 bridgehead atoms. The van der Waals surface area contributed by atoms with Gasteiger partial charge < -0.3 is 25.2 Å². The van der Waals surface area contributed by atoms with Crippen LogP contribution in [0.4, 0.5) is 11.4 Å². The van der Waals surface area contributed by atoms with Crippen LogP contribution in [0.15, 0.2) is 41.7 Å². The Kier molecular flexibility index (Phi) is 6.89. The number of rotatable bonds is 6. The highest BCUT2D eigenvalue weighted by atomic mass is 16.5. The second kappa shape index (κ2) is 9.77. The van der Waals surface area contributed by atoms with E-state index >= 15 is 0 Å². The van der Waals surface area contributed by atoms with Crippen LogP contribution < -0.4 is 20.3 Å². The smallest absolute Gasteiger partial charge is 0.246 e. The average Bonchev–Trinajstić information content (AvgIpc) is 3.14. The molecule has 1 fully saturated rings. The molecule has 1 aromatic heterocycles. The van der Waals surface area contributed by atoms with Crippen LogP contribution in [0, 0.1) is 0 Å². The van der Waals surface area contributed by atoms with Crippen LogP contribution in [0.3, 0.4) is 0 Å². The maximum atomic E-state index is 12.6. The summed E-state index contributed by atoms with van der Waals surface area (Å²) in [5.74, 6) is 1.20. The van der Waals surface area contributed by atoms with Crippen LogP contribution in [0.5, 0.6) is 5.75 Å². The molecule has 160 valence electrons. The number of piperazine rings is 1. The molecule has 2 aromatic rings. The zero-order chi connectivity index (χ0) is 21.5. The minimum atomic E-state index is -0.129. The van der Waals surface area contributed by atoms with E-state index in [1.807, 2.05) is 30.3 Å². The first-order valence-electron chi connectivity index (χ1n) is 9.71. The molecule has 2 N–H and O–H groups in total. The van der Waals surface area contributed by atoms with Crippen LogP contribution >= 0.6 is 0 Å². The predicted molar refractivity (Wildman–Crippen MR) is 115 cm³/mol. The second-order valence-corrected chi connectivity index (χ2v) is 6.87. The Balaban J connectivity index is 1.46. The SMILES string of the molecule is CN=C(NCCOc1cccc(NC(C)=O)c1)N1CCN(c2cnn(C)c2)C(=O)C1. The fourth-order valence-corrected chi connectivity index (χ4v) is 3.21. The number of hydrogen-bond donors (Lipinski definition) is 2. The predicted octanol–water partition coefficient (Wildman–Crippen LogP) is 0.682. The van der Waals surface area contributed by atoms with Gasteiger partial charge in [0.05, 0.1) is 18.4 Å². The Bertz CT molecular complexity index is 925. The highest BCUT2D eigenvalue weighted by molar-refractivity contribution is 5.98. The van der Waals surface area contributed by atoms with Gasteiger partial charge in [-0.15, -0.1) is 0 Å². The summed E-state index contributed by atoms with van der Waals surface area (Å²) in [5.41, 5.74) is 1.49. The summed E-state index contributed by atoms with van der Waals surface area (Å²) in [6.45, 7) is 3.87. The molecule has 3 rings (SSSR count). The van der Waals surface area contributed by atoms with E-state index in [4.69, 9.17) is 4.74 Å². The topological polar surface area (TPSA) is 104 Å². The molecule has 2 amide bonds. The molecular weight excluding hydrogens is 386 g/mol. The number of anilines is 2. The van der Waals surface area contributed by atoms with Crippen LogP contribution in [0.2, 0.25) is 0 Å². The number of ether oxygens (including phenoxy) is 1. The fraction of sp³-hybridized carbons (Fsp3) is 0.400. The van der Waals surface area contributed by atoms with Gasteiger partial charge in [0.15, 0.2) is 5.96 Å². The van der Waals surface area contributed by atoms with Crippen molar-refractivity contribution in [3.8, 4) is 5.75 Å².